The van der Waals surface area contributed by atoms with E-state index >= 15 is 0 Å². The van der Waals surface area contributed by atoms with Crippen LogP contribution < -0.4 is 5.32 Å². The van der Waals surface area contributed by atoms with Gasteiger partial charge in [-0.1, -0.05) is 12.2 Å². The van der Waals surface area contributed by atoms with Crippen LogP contribution in [0.4, 0.5) is 0 Å². The van der Waals surface area contributed by atoms with Gasteiger partial charge >= 0.3 is 5.97 Å². The highest BCUT2D eigenvalue weighted by Gasteiger charge is 2.79. The summed E-state index contributed by atoms with van der Waals surface area (Å²) in [7, 11) is 0. The number of nitrogens with one attached hydrogen (secondary N) is 1. The van der Waals surface area contributed by atoms with Gasteiger partial charge in [0.2, 0.25) is 11.4 Å². The lowest BCUT2D eigenvalue weighted by Gasteiger charge is -2.54. The molecular formula is C15H20ClNO4. The normalized spacial score (nSPS) is 42.8. The number of hydrogen-bond acceptors (Lipinski definition) is 4. The fourth-order valence-electron chi connectivity index (χ4n) is 3.99. The number of aliphatic hydroxyl groups is 1. The van der Waals surface area contributed by atoms with E-state index in [9.17, 15) is 14.7 Å². The van der Waals surface area contributed by atoms with Crippen LogP contribution in [0.25, 0.3) is 0 Å². The van der Waals surface area contributed by atoms with E-state index in [0.717, 1.165) is 19.3 Å². The molecular weight excluding hydrogens is 294 g/mol. The van der Waals surface area contributed by atoms with Gasteiger partial charge in [-0.2, -0.15) is 0 Å². The minimum absolute atomic E-state index is 0.138. The van der Waals surface area contributed by atoms with Crippen molar-refractivity contribution >= 4 is 23.5 Å². The van der Waals surface area contributed by atoms with E-state index in [-0.39, 0.29) is 11.8 Å². The van der Waals surface area contributed by atoms with Gasteiger partial charge in [-0.05, 0) is 32.6 Å². The van der Waals surface area contributed by atoms with Crippen molar-refractivity contribution < 1.29 is 19.4 Å². The minimum atomic E-state index is -1.33. The van der Waals surface area contributed by atoms with Crippen molar-refractivity contribution in [3.8, 4) is 0 Å². The van der Waals surface area contributed by atoms with Crippen LogP contribution in [0.1, 0.15) is 32.6 Å². The van der Waals surface area contributed by atoms with Gasteiger partial charge in [0.25, 0.3) is 0 Å². The SMILES string of the molecule is C[C@@]12OC(=O)[C@]1([C@@H](O)C1C=CCCC1)NC(=O)[C@@H]2CCCl. The Hall–Kier alpha value is -1.07. The quantitative estimate of drug-likeness (QED) is 0.463. The van der Waals surface area contributed by atoms with Crippen LogP contribution in [-0.2, 0) is 14.3 Å². The lowest BCUT2D eigenvalue weighted by molar-refractivity contribution is -0.238. The molecule has 2 fully saturated rings. The number of esters is 1. The summed E-state index contributed by atoms with van der Waals surface area (Å²) >= 11 is 5.76. The second-order valence-electron chi connectivity index (χ2n) is 6.29. The lowest BCUT2D eigenvalue weighted by Crippen LogP contribution is -2.80. The van der Waals surface area contributed by atoms with Gasteiger partial charge in [0.1, 0.15) is 0 Å². The van der Waals surface area contributed by atoms with Crippen molar-refractivity contribution in [2.45, 2.75) is 49.9 Å². The molecule has 1 unspecified atom stereocenters. The Bertz CT molecular complexity index is 508. The van der Waals surface area contributed by atoms with Gasteiger partial charge in [0.15, 0.2) is 5.60 Å². The highest BCUT2D eigenvalue weighted by molar-refractivity contribution is 6.18. The van der Waals surface area contributed by atoms with Crippen molar-refractivity contribution in [1.29, 1.82) is 0 Å². The highest BCUT2D eigenvalue weighted by Crippen LogP contribution is 2.53. The van der Waals surface area contributed by atoms with Gasteiger partial charge < -0.3 is 15.2 Å². The molecule has 0 spiro atoms. The van der Waals surface area contributed by atoms with E-state index in [0.29, 0.717) is 12.3 Å². The van der Waals surface area contributed by atoms with Crippen molar-refractivity contribution in [3.05, 3.63) is 12.2 Å². The fraction of sp³-hybridized carbons (Fsp3) is 0.733. The molecule has 0 saturated carbocycles. The Morgan fingerprint density at radius 2 is 2.33 bits per heavy atom. The average molecular weight is 314 g/mol. The first-order chi connectivity index (χ1) is 9.97. The lowest BCUT2D eigenvalue weighted by atomic mass is 9.64. The third-order valence-electron chi connectivity index (χ3n) is 5.25. The zero-order chi connectivity index (χ0) is 15.3. The number of alkyl halides is 1. The molecule has 21 heavy (non-hydrogen) atoms. The van der Waals surface area contributed by atoms with Crippen LogP contribution in [0.5, 0.6) is 0 Å². The van der Waals surface area contributed by atoms with Crippen molar-refractivity contribution in [2.24, 2.45) is 11.8 Å². The Morgan fingerprint density at radius 3 is 2.90 bits per heavy atom. The number of hydrogen-bond donors (Lipinski definition) is 2. The summed E-state index contributed by atoms with van der Waals surface area (Å²) in [6, 6.07) is 0. The minimum Gasteiger partial charge on any atom is -0.453 e. The second-order valence-corrected chi connectivity index (χ2v) is 6.67. The molecule has 5 atom stereocenters. The Labute approximate surface area is 128 Å². The summed E-state index contributed by atoms with van der Waals surface area (Å²) in [5.41, 5.74) is -2.34. The first-order valence-corrected chi connectivity index (χ1v) is 7.97. The molecule has 2 aliphatic heterocycles. The van der Waals surface area contributed by atoms with Crippen LogP contribution in [0.2, 0.25) is 0 Å². The fourth-order valence-corrected chi connectivity index (χ4v) is 4.21. The van der Waals surface area contributed by atoms with Crippen LogP contribution in [0, 0.1) is 11.8 Å². The van der Waals surface area contributed by atoms with E-state index in [1.807, 2.05) is 12.2 Å². The first kappa shape index (κ1) is 14.9. The van der Waals surface area contributed by atoms with Crippen LogP contribution in [0.15, 0.2) is 12.2 Å². The van der Waals surface area contributed by atoms with Crippen LogP contribution in [0.3, 0.4) is 0 Å². The maximum atomic E-state index is 12.2. The molecule has 2 N–H and O–H groups in total. The number of amides is 1. The summed E-state index contributed by atoms with van der Waals surface area (Å²) in [5.74, 6) is -1.14. The Morgan fingerprint density at radius 1 is 1.57 bits per heavy atom. The van der Waals surface area contributed by atoms with E-state index in [1.54, 1.807) is 6.92 Å². The molecule has 3 aliphatic rings. The standard InChI is InChI=1S/C15H20ClNO4/c1-14-10(7-8-16)12(19)17-15(14,13(20)21-14)11(18)9-5-3-2-4-6-9/h3,5,9-11,18H,2,4,6-8H2,1H3,(H,17,19)/t9?,10-,11-,14-,15-/m0/s1. The molecule has 116 valence electrons. The van der Waals surface area contributed by atoms with Crippen LogP contribution >= 0.6 is 11.6 Å². The number of rotatable bonds is 4. The van der Waals surface area contributed by atoms with Crippen molar-refractivity contribution in [2.75, 3.05) is 5.88 Å². The number of carbonyl (C=O) groups is 2. The predicted octanol–water partition coefficient (Wildman–Crippen LogP) is 1.13. The number of allylic oxidation sites excluding steroid dienone is 1. The van der Waals surface area contributed by atoms with E-state index in [4.69, 9.17) is 16.3 Å². The summed E-state index contributed by atoms with van der Waals surface area (Å²) in [5, 5.41) is 13.5. The summed E-state index contributed by atoms with van der Waals surface area (Å²) in [4.78, 5) is 24.4. The molecule has 1 aliphatic carbocycles. The molecule has 0 bridgehead atoms. The number of ether oxygens (including phenoxy) is 1. The molecule has 1 amide bonds. The monoisotopic (exact) mass is 313 g/mol. The maximum Gasteiger partial charge on any atom is 0.339 e. The smallest absolute Gasteiger partial charge is 0.339 e. The van der Waals surface area contributed by atoms with E-state index < -0.39 is 29.1 Å². The summed E-state index contributed by atoms with van der Waals surface area (Å²) in [6.07, 6.45) is 6.17. The largest absolute Gasteiger partial charge is 0.453 e. The Balaban J connectivity index is 1.94. The molecule has 2 saturated heterocycles. The zero-order valence-corrected chi connectivity index (χ0v) is 12.7. The van der Waals surface area contributed by atoms with E-state index in [2.05, 4.69) is 5.32 Å². The number of carbonyl (C=O) groups excluding carboxylic acids is 2. The molecule has 0 aromatic carbocycles. The topological polar surface area (TPSA) is 75.6 Å². The van der Waals surface area contributed by atoms with Gasteiger partial charge in [-0.15, -0.1) is 11.6 Å². The molecule has 3 rings (SSSR count). The third kappa shape index (κ3) is 1.80. The average Bonchev–Trinajstić information content (AvgIpc) is 2.65. The van der Waals surface area contributed by atoms with Crippen molar-refractivity contribution in [3.63, 3.8) is 0 Å². The van der Waals surface area contributed by atoms with Crippen LogP contribution in [-0.4, -0.2) is 40.1 Å². The summed E-state index contributed by atoms with van der Waals surface area (Å²) < 4.78 is 5.34. The van der Waals surface area contributed by atoms with Gasteiger partial charge in [-0.3, -0.25) is 4.79 Å². The molecule has 0 aromatic heterocycles. The number of fused-ring (bicyclic) bond motifs is 1. The highest BCUT2D eigenvalue weighted by atomic mass is 35.5. The molecule has 2 heterocycles. The zero-order valence-electron chi connectivity index (χ0n) is 12.0. The molecule has 0 radical (unpaired) electrons. The molecule has 5 nitrogen and oxygen atoms in total. The third-order valence-corrected chi connectivity index (χ3v) is 5.47. The predicted molar refractivity (Wildman–Crippen MR) is 76.7 cm³/mol. The first-order valence-electron chi connectivity index (χ1n) is 7.43. The van der Waals surface area contributed by atoms with Gasteiger partial charge in [0.05, 0.1) is 12.0 Å². The Kier molecular flexibility index (Phi) is 3.53. The van der Waals surface area contributed by atoms with E-state index in [1.165, 1.54) is 0 Å². The second kappa shape index (κ2) is 4.99. The van der Waals surface area contributed by atoms with Crippen molar-refractivity contribution in [1.82, 2.24) is 5.32 Å². The molecule has 0 aromatic rings. The van der Waals surface area contributed by atoms with Gasteiger partial charge in [0, 0.05) is 11.8 Å². The van der Waals surface area contributed by atoms with Gasteiger partial charge in [-0.25, -0.2) is 4.79 Å². The number of halogens is 1. The molecule has 6 heteroatoms. The number of aliphatic hydroxyl groups excluding tert-OH is 1. The maximum absolute atomic E-state index is 12.2. The summed E-state index contributed by atoms with van der Waals surface area (Å²) in [6.45, 7) is 1.72.